The zero-order valence-electron chi connectivity index (χ0n) is 11.3. The number of carbonyl (C=O) groups is 1. The number of aliphatic carboxylic acids is 1. The maximum absolute atomic E-state index is 12.3. The fourth-order valence-electron chi connectivity index (χ4n) is 1.54. The first kappa shape index (κ1) is 16.9. The molecule has 0 amide bonds. The van der Waals surface area contributed by atoms with E-state index < -0.39 is 21.9 Å². The lowest BCUT2D eigenvalue weighted by molar-refractivity contribution is -0.141. The molecule has 1 aromatic carbocycles. The molecule has 0 aliphatic heterocycles. The van der Waals surface area contributed by atoms with E-state index in [0.717, 1.165) is 4.31 Å². The summed E-state index contributed by atoms with van der Waals surface area (Å²) in [7, 11) is -0.960. The van der Waals surface area contributed by atoms with E-state index in [-0.39, 0.29) is 11.4 Å². The SMILES string of the molecule is COc1cc(S(=O)(=O)N(C)CC(C)C(=O)O)ccc1Br. The minimum Gasteiger partial charge on any atom is -0.496 e. The molecule has 1 atom stereocenters. The summed E-state index contributed by atoms with van der Waals surface area (Å²) in [5, 5.41) is 8.84. The van der Waals surface area contributed by atoms with Crippen molar-refractivity contribution in [2.75, 3.05) is 20.7 Å². The lowest BCUT2D eigenvalue weighted by atomic mass is 10.2. The Bertz CT molecular complexity index is 602. The number of carboxylic acids is 1. The summed E-state index contributed by atoms with van der Waals surface area (Å²) in [4.78, 5) is 10.8. The van der Waals surface area contributed by atoms with Crippen LogP contribution >= 0.6 is 15.9 Å². The summed E-state index contributed by atoms with van der Waals surface area (Å²) < 4.78 is 31.4. The highest BCUT2D eigenvalue weighted by Gasteiger charge is 2.25. The van der Waals surface area contributed by atoms with Gasteiger partial charge in [-0.3, -0.25) is 4.79 Å². The molecule has 0 saturated heterocycles. The van der Waals surface area contributed by atoms with Gasteiger partial charge < -0.3 is 9.84 Å². The van der Waals surface area contributed by atoms with Crippen molar-refractivity contribution in [2.45, 2.75) is 11.8 Å². The molecule has 6 nitrogen and oxygen atoms in total. The van der Waals surface area contributed by atoms with Crippen LogP contribution in [-0.2, 0) is 14.8 Å². The molecular weight excluding hydrogens is 350 g/mol. The van der Waals surface area contributed by atoms with Crippen LogP contribution in [0.4, 0.5) is 0 Å². The summed E-state index contributed by atoms with van der Waals surface area (Å²) in [6.07, 6.45) is 0. The highest BCUT2D eigenvalue weighted by molar-refractivity contribution is 9.10. The van der Waals surface area contributed by atoms with Gasteiger partial charge in [0.15, 0.2) is 0 Å². The fourth-order valence-corrected chi connectivity index (χ4v) is 3.23. The molecule has 0 spiro atoms. The molecule has 0 fully saturated rings. The summed E-state index contributed by atoms with van der Waals surface area (Å²) in [5.74, 6) is -1.43. The average Bonchev–Trinajstić information content (AvgIpc) is 2.38. The second-order valence-electron chi connectivity index (χ2n) is 4.32. The molecule has 8 heteroatoms. The van der Waals surface area contributed by atoms with Crippen molar-refractivity contribution in [2.24, 2.45) is 5.92 Å². The molecule has 0 aliphatic carbocycles. The van der Waals surface area contributed by atoms with Gasteiger partial charge >= 0.3 is 5.97 Å². The Kier molecular flexibility index (Phi) is 5.55. The number of ether oxygens (including phenoxy) is 1. The number of rotatable bonds is 6. The Labute approximate surface area is 126 Å². The largest absolute Gasteiger partial charge is 0.496 e. The number of nitrogens with zero attached hydrogens (tertiary/aromatic N) is 1. The molecule has 1 N–H and O–H groups in total. The zero-order chi connectivity index (χ0) is 15.5. The third-order valence-electron chi connectivity index (χ3n) is 2.78. The minimum absolute atomic E-state index is 0.0534. The van der Waals surface area contributed by atoms with Crippen molar-refractivity contribution < 1.29 is 23.1 Å². The van der Waals surface area contributed by atoms with Gasteiger partial charge in [0.25, 0.3) is 0 Å². The van der Waals surface area contributed by atoms with E-state index in [1.54, 1.807) is 6.07 Å². The second-order valence-corrected chi connectivity index (χ2v) is 7.22. The number of methoxy groups -OCH3 is 1. The van der Waals surface area contributed by atoms with Crippen LogP contribution in [0.5, 0.6) is 5.75 Å². The molecule has 0 bridgehead atoms. The lowest BCUT2D eigenvalue weighted by Crippen LogP contribution is -2.33. The van der Waals surface area contributed by atoms with E-state index in [1.165, 1.54) is 33.2 Å². The molecule has 1 unspecified atom stereocenters. The van der Waals surface area contributed by atoms with Gasteiger partial charge in [-0.25, -0.2) is 12.7 Å². The van der Waals surface area contributed by atoms with Gasteiger partial charge in [0.1, 0.15) is 5.75 Å². The van der Waals surface area contributed by atoms with Crippen LogP contribution in [0.2, 0.25) is 0 Å². The molecule has 0 saturated carbocycles. The minimum atomic E-state index is -3.75. The monoisotopic (exact) mass is 365 g/mol. The summed E-state index contributed by atoms with van der Waals surface area (Å²) in [6, 6.07) is 4.39. The quantitative estimate of drug-likeness (QED) is 0.830. The molecule has 0 heterocycles. The van der Waals surface area contributed by atoms with Crippen molar-refractivity contribution in [3.8, 4) is 5.75 Å². The Morgan fingerprint density at radius 3 is 2.60 bits per heavy atom. The Morgan fingerprint density at radius 1 is 1.50 bits per heavy atom. The van der Waals surface area contributed by atoms with E-state index in [4.69, 9.17) is 9.84 Å². The molecular formula is C12H16BrNO5S. The van der Waals surface area contributed by atoms with Crippen molar-refractivity contribution in [3.63, 3.8) is 0 Å². The lowest BCUT2D eigenvalue weighted by Gasteiger charge is -2.19. The Hall–Kier alpha value is -1.12. The summed E-state index contributed by atoms with van der Waals surface area (Å²) in [6.45, 7) is 1.35. The highest BCUT2D eigenvalue weighted by atomic mass is 79.9. The second kappa shape index (κ2) is 6.55. The number of sulfonamides is 1. The third-order valence-corrected chi connectivity index (χ3v) is 5.26. The molecule has 0 aliphatic rings. The maximum atomic E-state index is 12.3. The van der Waals surface area contributed by atoms with Crippen molar-refractivity contribution in [3.05, 3.63) is 22.7 Å². The van der Waals surface area contributed by atoms with Crippen LogP contribution in [0.25, 0.3) is 0 Å². The van der Waals surface area contributed by atoms with Crippen molar-refractivity contribution >= 4 is 31.9 Å². The van der Waals surface area contributed by atoms with E-state index in [1.807, 2.05) is 0 Å². The summed E-state index contributed by atoms with van der Waals surface area (Å²) in [5.41, 5.74) is 0. The van der Waals surface area contributed by atoms with Crippen molar-refractivity contribution in [1.29, 1.82) is 0 Å². The van der Waals surface area contributed by atoms with Gasteiger partial charge in [-0.05, 0) is 28.1 Å². The smallest absolute Gasteiger partial charge is 0.307 e. The average molecular weight is 366 g/mol. The molecule has 112 valence electrons. The van der Waals surface area contributed by atoms with Gasteiger partial charge in [0.05, 0.1) is 22.4 Å². The molecule has 1 rings (SSSR count). The molecule has 1 aromatic rings. The first-order valence-electron chi connectivity index (χ1n) is 5.72. The van der Waals surface area contributed by atoms with E-state index in [0.29, 0.717) is 10.2 Å². The van der Waals surface area contributed by atoms with Crippen LogP contribution in [0.15, 0.2) is 27.6 Å². The van der Waals surface area contributed by atoms with Gasteiger partial charge in [0, 0.05) is 19.7 Å². The highest BCUT2D eigenvalue weighted by Crippen LogP contribution is 2.28. The standard InChI is InChI=1S/C12H16BrNO5S/c1-8(12(15)16)7-14(2)20(17,18)9-4-5-10(13)11(6-9)19-3/h4-6,8H,7H2,1-3H3,(H,15,16). The van der Waals surface area contributed by atoms with Crippen LogP contribution in [-0.4, -0.2) is 44.5 Å². The zero-order valence-corrected chi connectivity index (χ0v) is 13.7. The molecule has 0 aromatic heterocycles. The van der Waals surface area contributed by atoms with E-state index >= 15 is 0 Å². The fraction of sp³-hybridized carbons (Fsp3) is 0.417. The van der Waals surface area contributed by atoms with Crippen LogP contribution in [0.1, 0.15) is 6.92 Å². The predicted molar refractivity (Wildman–Crippen MR) is 77.3 cm³/mol. The van der Waals surface area contributed by atoms with E-state index in [2.05, 4.69) is 15.9 Å². The van der Waals surface area contributed by atoms with Crippen LogP contribution in [0.3, 0.4) is 0 Å². The number of benzene rings is 1. The van der Waals surface area contributed by atoms with Gasteiger partial charge in [0.2, 0.25) is 10.0 Å². The first-order chi connectivity index (χ1) is 9.20. The molecule has 0 radical (unpaired) electrons. The van der Waals surface area contributed by atoms with Crippen LogP contribution < -0.4 is 4.74 Å². The Balaban J connectivity index is 3.07. The predicted octanol–water partition coefficient (Wildman–Crippen LogP) is 1.80. The van der Waals surface area contributed by atoms with Gasteiger partial charge in [-0.1, -0.05) is 6.92 Å². The summed E-state index contributed by atoms with van der Waals surface area (Å²) >= 11 is 3.24. The Morgan fingerprint density at radius 2 is 2.10 bits per heavy atom. The number of hydrogen-bond donors (Lipinski definition) is 1. The topological polar surface area (TPSA) is 83.9 Å². The number of carboxylic acid groups (broad SMARTS) is 1. The number of halogens is 1. The van der Waals surface area contributed by atoms with E-state index in [9.17, 15) is 13.2 Å². The third kappa shape index (κ3) is 3.71. The van der Waals surface area contributed by atoms with Crippen molar-refractivity contribution in [1.82, 2.24) is 4.31 Å². The molecule has 20 heavy (non-hydrogen) atoms. The maximum Gasteiger partial charge on any atom is 0.307 e. The first-order valence-corrected chi connectivity index (χ1v) is 7.96. The van der Waals surface area contributed by atoms with Gasteiger partial charge in [-0.2, -0.15) is 0 Å². The van der Waals surface area contributed by atoms with Crippen LogP contribution in [0, 0.1) is 5.92 Å². The number of hydrogen-bond acceptors (Lipinski definition) is 4. The van der Waals surface area contributed by atoms with Gasteiger partial charge in [-0.15, -0.1) is 0 Å². The normalized spacial score (nSPS) is 13.2.